The molecule has 7 aromatic rings. The Morgan fingerprint density at radius 1 is 0.310 bits per heavy atom. The van der Waals surface area contributed by atoms with Crippen LogP contribution >= 0.6 is 0 Å². The summed E-state index contributed by atoms with van der Waals surface area (Å²) in [7, 11) is 1.45. The highest BCUT2D eigenvalue weighted by Gasteiger charge is 2.47. The van der Waals surface area contributed by atoms with Gasteiger partial charge < -0.3 is 14.2 Å². The average molecular weight is 1240 g/mol. The Labute approximate surface area is 463 Å². The molecule has 0 aliphatic rings. The van der Waals surface area contributed by atoms with E-state index >= 15 is 0 Å². The lowest BCUT2D eigenvalue weighted by Crippen LogP contribution is -2.75. The van der Waals surface area contributed by atoms with Crippen molar-refractivity contribution in [2.24, 2.45) is 0 Å². The summed E-state index contributed by atoms with van der Waals surface area (Å²) in [6.45, 7) is 2.24. The molecule has 0 amide bonds. The zero-order valence-corrected chi connectivity index (χ0v) is 42.9. The van der Waals surface area contributed by atoms with Gasteiger partial charge in [0.25, 0.3) is 0 Å². The molecule has 0 fully saturated rings. The third-order valence-corrected chi connectivity index (χ3v) is 14.6. The maximum Gasteiger partial charge on any atom is 0.416 e. The zero-order valence-electron chi connectivity index (χ0n) is 42.1. The van der Waals surface area contributed by atoms with Gasteiger partial charge in [0.1, 0.15) is 23.6 Å². The third-order valence-electron chi connectivity index (χ3n) is 12.4. The van der Waals surface area contributed by atoms with E-state index in [1.165, 1.54) is 14.7 Å². The van der Waals surface area contributed by atoms with Gasteiger partial charge in [0.15, 0.2) is 15.5 Å². The molecular weight excluding hydrogens is 1210 g/mol. The first-order valence-electron chi connectivity index (χ1n) is 23.6. The highest BCUT2D eigenvalue weighted by molar-refractivity contribution is 7.97. The Morgan fingerprint density at radius 2 is 0.560 bits per heavy atom. The molecule has 0 N–H and O–H groups in total. The molecule has 0 aromatic heterocycles. The predicted molar refractivity (Wildman–Crippen MR) is 260 cm³/mol. The van der Waals surface area contributed by atoms with E-state index in [-0.39, 0.29) is 10.9 Å². The maximum absolute atomic E-state index is 14.2. The molecule has 0 aliphatic carbocycles. The first-order valence-corrected chi connectivity index (χ1v) is 24.9. The molecule has 0 unspecified atom stereocenters. The molecule has 0 bridgehead atoms. The molecule has 7 rings (SSSR count). The highest BCUT2D eigenvalue weighted by Crippen LogP contribution is 2.42. The van der Waals surface area contributed by atoms with Gasteiger partial charge in [0.05, 0.1) is 64.3 Å². The number of para-hydroxylation sites is 1. The van der Waals surface area contributed by atoms with Gasteiger partial charge in [-0.2, -0.15) is 127 Å². The maximum atomic E-state index is 14.2. The fraction of sp³-hybridized carbons (Fsp3) is 0.236. The summed E-state index contributed by atoms with van der Waals surface area (Å²) in [4.78, 5) is 3.74. The number of hydrogen-bond donors (Lipinski definition) is 0. The van der Waals surface area contributed by atoms with E-state index in [4.69, 9.17) is 14.2 Å². The van der Waals surface area contributed by atoms with Crippen LogP contribution in [-0.4, -0.2) is 39.7 Å². The van der Waals surface area contributed by atoms with Crippen molar-refractivity contribution in [3.63, 3.8) is 0 Å². The molecule has 0 aliphatic heterocycles. The Balaban J connectivity index is 0.000000347. The molecular formula is C55H37BF24O3S. The topological polar surface area (TPSA) is 27.7 Å². The summed E-state index contributed by atoms with van der Waals surface area (Å²) in [5.41, 5.74) is -30.2. The second-order valence-corrected chi connectivity index (χ2v) is 20.1. The normalized spacial score (nSPS) is 13.2. The SMILES string of the molecule is COCCOCCOc1ccccc1[S+](c1ccccc1)c1ccccc1.FC(F)(F)c1cc([B-](c2cc(C(F)(F)F)cc(C(F)(F)F)c2)(c2cc(C(F)(F)F)cc(C(F)(F)F)c2)c2cc(C(F)(F)F)cc(C(F)(F)F)c2)cc(C(F)(F)F)c1. The van der Waals surface area contributed by atoms with Crippen LogP contribution in [0.25, 0.3) is 0 Å². The molecule has 0 saturated carbocycles. The van der Waals surface area contributed by atoms with Gasteiger partial charge >= 0.3 is 49.4 Å². The molecule has 7 aromatic carbocycles. The van der Waals surface area contributed by atoms with Gasteiger partial charge in [0, 0.05) is 7.11 Å². The summed E-state index contributed by atoms with van der Waals surface area (Å²) in [5, 5.41) is 0. The summed E-state index contributed by atoms with van der Waals surface area (Å²) >= 11 is 0. The molecule has 29 heteroatoms. The van der Waals surface area contributed by atoms with E-state index in [2.05, 4.69) is 72.8 Å². The monoisotopic (exact) mass is 1240 g/mol. The van der Waals surface area contributed by atoms with E-state index in [0.717, 1.165) is 5.75 Å². The largest absolute Gasteiger partial charge is 0.486 e. The molecule has 0 heterocycles. The Bertz CT molecular complexity index is 2870. The van der Waals surface area contributed by atoms with Crippen LogP contribution in [0, 0.1) is 0 Å². The molecule has 0 spiro atoms. The van der Waals surface area contributed by atoms with Crippen molar-refractivity contribution in [1.82, 2.24) is 0 Å². The van der Waals surface area contributed by atoms with E-state index in [1.54, 1.807) is 7.11 Å². The Hall–Kier alpha value is -7.01. The van der Waals surface area contributed by atoms with Gasteiger partial charge in [-0.05, 0) is 60.7 Å². The van der Waals surface area contributed by atoms with Gasteiger partial charge in [-0.15, -0.1) is 0 Å². The van der Waals surface area contributed by atoms with Crippen molar-refractivity contribution >= 4 is 38.9 Å². The molecule has 0 atom stereocenters. The van der Waals surface area contributed by atoms with Gasteiger partial charge in [-0.1, -0.05) is 97.1 Å². The lowest BCUT2D eigenvalue weighted by Gasteiger charge is -2.46. The number of rotatable bonds is 14. The standard InChI is InChI=1S/C32H12BF24.C23H25O3S/c34-25(35,36)13-1-14(26(37,38)39)6-21(5-13)33(22-7-15(27(40,41)42)2-16(8-22)28(43,44)45,23-9-17(29(46,47)48)3-18(10-23)30(49,50)51)24-11-19(31(52,53)54)4-20(12-24)32(55,56)57;1-24-16-17-25-18-19-26-22-14-8-9-15-23(22)27(20-10-4-2-5-11-20)21-12-6-3-7-13-21/h1-12H;2-15H,16-19H2,1H3/q-1;+1. The van der Waals surface area contributed by atoms with Crippen LogP contribution in [0.1, 0.15) is 44.5 Å². The first-order chi connectivity index (χ1) is 38.7. The third kappa shape index (κ3) is 16.0. The average Bonchev–Trinajstić information content (AvgIpc) is 0.748. The number of hydrogen-bond acceptors (Lipinski definition) is 3. The van der Waals surface area contributed by atoms with E-state index in [0.29, 0.717) is 26.4 Å². The second-order valence-electron chi connectivity index (χ2n) is 18.1. The van der Waals surface area contributed by atoms with Crippen molar-refractivity contribution in [3.05, 3.63) is 202 Å². The van der Waals surface area contributed by atoms with Gasteiger partial charge in [-0.3, -0.25) is 0 Å². The first kappa shape index (κ1) is 66.1. The quantitative estimate of drug-likeness (QED) is 0.0470. The summed E-state index contributed by atoms with van der Waals surface area (Å²) in [6, 6.07) is 20.7. The highest BCUT2D eigenvalue weighted by atomic mass is 32.2. The van der Waals surface area contributed by atoms with Crippen LogP contribution in [0.4, 0.5) is 105 Å². The van der Waals surface area contributed by atoms with Crippen LogP contribution in [0.2, 0.25) is 0 Å². The lowest BCUT2D eigenvalue weighted by atomic mass is 9.12. The van der Waals surface area contributed by atoms with Crippen molar-refractivity contribution in [1.29, 1.82) is 0 Å². The molecule has 0 saturated heterocycles. The fourth-order valence-corrected chi connectivity index (χ4v) is 10.9. The van der Waals surface area contributed by atoms with Crippen LogP contribution in [0.15, 0.2) is 172 Å². The molecule has 84 heavy (non-hydrogen) atoms. The lowest BCUT2D eigenvalue weighted by molar-refractivity contribution is -0.144. The van der Waals surface area contributed by atoms with Gasteiger partial charge in [-0.25, -0.2) is 0 Å². The van der Waals surface area contributed by atoms with Crippen LogP contribution < -0.4 is 26.6 Å². The van der Waals surface area contributed by atoms with Crippen LogP contribution in [0.3, 0.4) is 0 Å². The second kappa shape index (κ2) is 24.9. The molecule has 452 valence electrons. The summed E-state index contributed by atoms with van der Waals surface area (Å²) < 4.78 is 357. The van der Waals surface area contributed by atoms with Crippen molar-refractivity contribution < 1.29 is 120 Å². The van der Waals surface area contributed by atoms with Crippen LogP contribution in [0.5, 0.6) is 5.75 Å². The number of ether oxygens (including phenoxy) is 3. The minimum absolute atomic E-state index is 0.222. The number of alkyl halides is 24. The fourth-order valence-electron chi connectivity index (χ4n) is 8.77. The minimum atomic E-state index is -6.13. The molecule has 0 radical (unpaired) electrons. The van der Waals surface area contributed by atoms with Crippen molar-refractivity contribution in [2.75, 3.05) is 33.5 Å². The summed E-state index contributed by atoms with van der Waals surface area (Å²) in [5.74, 6) is 0.906. The molecule has 3 nitrogen and oxygen atoms in total. The van der Waals surface area contributed by atoms with E-state index in [9.17, 15) is 105 Å². The predicted octanol–water partition coefficient (Wildman–Crippen LogP) is 16.0. The van der Waals surface area contributed by atoms with E-state index < -0.39 is 195 Å². The minimum Gasteiger partial charge on any atom is -0.486 e. The zero-order chi connectivity index (χ0) is 62.6. The number of methoxy groups -OCH3 is 1. The summed E-state index contributed by atoms with van der Waals surface area (Å²) in [6.07, 6.45) is -54.8. The van der Waals surface area contributed by atoms with Crippen molar-refractivity contribution in [3.8, 4) is 5.75 Å². The van der Waals surface area contributed by atoms with Crippen LogP contribution in [-0.2, 0) is 69.8 Å². The van der Waals surface area contributed by atoms with Crippen molar-refractivity contribution in [2.45, 2.75) is 64.1 Å². The Kier molecular flexibility index (Phi) is 19.6. The smallest absolute Gasteiger partial charge is 0.416 e. The van der Waals surface area contributed by atoms with E-state index in [1.807, 2.05) is 12.1 Å². The Morgan fingerprint density at radius 3 is 0.821 bits per heavy atom. The van der Waals surface area contributed by atoms with Gasteiger partial charge in [0.2, 0.25) is 4.90 Å². The number of halogens is 24. The number of benzene rings is 7.